The van der Waals surface area contributed by atoms with Crippen molar-refractivity contribution in [3.8, 4) is 0 Å². The van der Waals surface area contributed by atoms with Crippen LogP contribution in [0.3, 0.4) is 0 Å². The summed E-state index contributed by atoms with van der Waals surface area (Å²) in [5.41, 5.74) is 0.851. The van der Waals surface area contributed by atoms with Gasteiger partial charge in [-0.05, 0) is 37.3 Å². The molecular weight excluding hydrogens is 296 g/mol. The van der Waals surface area contributed by atoms with Gasteiger partial charge in [-0.2, -0.15) is 0 Å². The van der Waals surface area contributed by atoms with Gasteiger partial charge in [0.1, 0.15) is 0 Å². The van der Waals surface area contributed by atoms with Gasteiger partial charge >= 0.3 is 0 Å². The molecule has 1 N–H and O–H groups in total. The Labute approximate surface area is 135 Å². The van der Waals surface area contributed by atoms with Crippen LogP contribution in [-0.2, 0) is 9.59 Å². The van der Waals surface area contributed by atoms with E-state index in [2.05, 4.69) is 12.2 Å². The van der Waals surface area contributed by atoms with Crippen LogP contribution in [0.1, 0.15) is 32.6 Å². The molecule has 1 aliphatic heterocycles. The fraction of sp³-hybridized carbons (Fsp3) is 0.529. The van der Waals surface area contributed by atoms with Gasteiger partial charge in [0.15, 0.2) is 0 Å². The van der Waals surface area contributed by atoms with E-state index in [1.807, 2.05) is 29.2 Å². The van der Waals surface area contributed by atoms with Gasteiger partial charge in [0.05, 0.1) is 10.9 Å². The number of nitrogens with one attached hydrogen (secondary N) is 1. The Bertz CT molecular complexity index is 572. The van der Waals surface area contributed by atoms with Crippen molar-refractivity contribution in [3.63, 3.8) is 0 Å². The lowest BCUT2D eigenvalue weighted by atomic mass is 10.2. The summed E-state index contributed by atoms with van der Waals surface area (Å²) in [5, 5.41) is 2.59. The topological polar surface area (TPSA) is 49.4 Å². The minimum Gasteiger partial charge on any atom is -0.342 e. The molecule has 2 amide bonds. The largest absolute Gasteiger partial charge is 0.342 e. The number of para-hydroxylation sites is 1. The Morgan fingerprint density at radius 3 is 2.86 bits per heavy atom. The highest BCUT2D eigenvalue weighted by Gasteiger charge is 2.32. The van der Waals surface area contributed by atoms with Crippen LogP contribution in [0.25, 0.3) is 0 Å². The van der Waals surface area contributed by atoms with Gasteiger partial charge in [0.2, 0.25) is 11.8 Å². The molecule has 22 heavy (non-hydrogen) atoms. The first-order valence-corrected chi connectivity index (χ1v) is 8.89. The number of nitrogens with zero attached hydrogens (tertiary/aromatic N) is 1. The molecule has 0 radical (unpaired) electrons. The van der Waals surface area contributed by atoms with E-state index in [-0.39, 0.29) is 23.5 Å². The number of hydrogen-bond acceptors (Lipinski definition) is 3. The van der Waals surface area contributed by atoms with Gasteiger partial charge in [-0.1, -0.05) is 19.1 Å². The summed E-state index contributed by atoms with van der Waals surface area (Å²) in [4.78, 5) is 27.8. The Hall–Kier alpha value is -1.49. The summed E-state index contributed by atoms with van der Waals surface area (Å²) in [6, 6.07) is 7.75. The van der Waals surface area contributed by atoms with Crippen LogP contribution in [0, 0.1) is 5.92 Å². The van der Waals surface area contributed by atoms with Gasteiger partial charge in [0.25, 0.3) is 0 Å². The van der Waals surface area contributed by atoms with E-state index < -0.39 is 0 Å². The maximum absolute atomic E-state index is 12.6. The lowest BCUT2D eigenvalue weighted by Crippen LogP contribution is -2.38. The number of carbonyl (C=O) groups excluding carboxylic acids is 2. The number of thioether (sulfide) groups is 1. The number of rotatable bonds is 6. The summed E-state index contributed by atoms with van der Waals surface area (Å²) < 4.78 is 0. The number of carbonyl (C=O) groups is 2. The van der Waals surface area contributed by atoms with E-state index >= 15 is 0 Å². The fourth-order valence-corrected chi connectivity index (χ4v) is 3.82. The van der Waals surface area contributed by atoms with Crippen LogP contribution in [-0.4, -0.2) is 35.1 Å². The standard InChI is InChI=1S/C17H22N2O2S/c1-2-9-19(11-12-7-8-12)16(20)10-15-17(21)18-13-5-3-4-6-14(13)22-15/h3-6,12,15H,2,7-11H2,1H3,(H,18,21). The minimum atomic E-state index is -0.319. The van der Waals surface area contributed by atoms with Gasteiger partial charge < -0.3 is 10.2 Å². The summed E-state index contributed by atoms with van der Waals surface area (Å²) >= 11 is 1.50. The van der Waals surface area contributed by atoms with Crippen LogP contribution < -0.4 is 5.32 Å². The SMILES string of the molecule is CCCN(CC1CC1)C(=O)CC1Sc2ccccc2NC1=O. The summed E-state index contributed by atoms with van der Waals surface area (Å²) in [5.74, 6) is 0.741. The maximum Gasteiger partial charge on any atom is 0.238 e. The van der Waals surface area contributed by atoms with Crippen molar-refractivity contribution >= 4 is 29.3 Å². The third-order valence-corrected chi connectivity index (χ3v) is 5.36. The number of amides is 2. The first kappa shape index (κ1) is 15.4. The zero-order valence-electron chi connectivity index (χ0n) is 12.9. The Kier molecular flexibility index (Phi) is 4.71. The maximum atomic E-state index is 12.6. The summed E-state index contributed by atoms with van der Waals surface area (Å²) in [6.07, 6.45) is 3.72. The molecule has 1 aromatic rings. The molecule has 5 heteroatoms. The highest BCUT2D eigenvalue weighted by atomic mass is 32.2. The van der Waals surface area contributed by atoms with Crippen molar-refractivity contribution in [2.45, 2.75) is 42.8 Å². The monoisotopic (exact) mass is 318 g/mol. The molecule has 1 atom stereocenters. The second-order valence-corrected chi connectivity index (χ2v) is 7.32. The number of hydrogen-bond donors (Lipinski definition) is 1. The highest BCUT2D eigenvalue weighted by molar-refractivity contribution is 8.01. The fourth-order valence-electron chi connectivity index (χ4n) is 2.71. The molecule has 0 aromatic heterocycles. The molecule has 1 fully saturated rings. The second kappa shape index (κ2) is 6.73. The average molecular weight is 318 g/mol. The van der Waals surface area contributed by atoms with Gasteiger partial charge in [-0.3, -0.25) is 9.59 Å². The van der Waals surface area contributed by atoms with Crippen molar-refractivity contribution in [1.29, 1.82) is 0 Å². The van der Waals surface area contributed by atoms with Crippen LogP contribution in [0.5, 0.6) is 0 Å². The zero-order valence-corrected chi connectivity index (χ0v) is 13.7. The molecule has 1 aromatic carbocycles. The first-order chi connectivity index (χ1) is 10.7. The third kappa shape index (κ3) is 3.64. The summed E-state index contributed by atoms with van der Waals surface area (Å²) in [6.45, 7) is 3.75. The molecule has 0 bridgehead atoms. The minimum absolute atomic E-state index is 0.0556. The average Bonchev–Trinajstić information content (AvgIpc) is 3.31. The van der Waals surface area contributed by atoms with Crippen LogP contribution in [0.4, 0.5) is 5.69 Å². The lowest BCUT2D eigenvalue weighted by molar-refractivity contribution is -0.132. The molecule has 1 aliphatic carbocycles. The molecule has 0 spiro atoms. The van der Waals surface area contributed by atoms with Crippen molar-refractivity contribution in [3.05, 3.63) is 24.3 Å². The number of fused-ring (bicyclic) bond motifs is 1. The molecule has 1 saturated carbocycles. The molecule has 4 nitrogen and oxygen atoms in total. The number of anilines is 1. The Morgan fingerprint density at radius 2 is 2.14 bits per heavy atom. The molecule has 0 saturated heterocycles. The Morgan fingerprint density at radius 1 is 1.36 bits per heavy atom. The highest BCUT2D eigenvalue weighted by Crippen LogP contribution is 2.37. The van der Waals surface area contributed by atoms with Crippen LogP contribution in [0.2, 0.25) is 0 Å². The van der Waals surface area contributed by atoms with Gasteiger partial charge in [-0.15, -0.1) is 11.8 Å². The van der Waals surface area contributed by atoms with E-state index in [1.165, 1.54) is 24.6 Å². The normalized spacial score (nSPS) is 20.2. The smallest absolute Gasteiger partial charge is 0.238 e. The van der Waals surface area contributed by atoms with Crippen molar-refractivity contribution in [2.75, 3.05) is 18.4 Å². The third-order valence-electron chi connectivity index (χ3n) is 4.09. The molecule has 1 unspecified atom stereocenters. The van der Waals surface area contributed by atoms with Crippen molar-refractivity contribution in [2.24, 2.45) is 5.92 Å². The molecule has 2 aliphatic rings. The predicted molar refractivity (Wildman–Crippen MR) is 88.9 cm³/mol. The van der Waals surface area contributed by atoms with E-state index in [0.717, 1.165) is 30.1 Å². The van der Waals surface area contributed by atoms with Crippen molar-refractivity contribution in [1.82, 2.24) is 4.90 Å². The van der Waals surface area contributed by atoms with Crippen molar-refractivity contribution < 1.29 is 9.59 Å². The van der Waals surface area contributed by atoms with E-state index in [9.17, 15) is 9.59 Å². The molecule has 118 valence electrons. The lowest BCUT2D eigenvalue weighted by Gasteiger charge is -2.27. The van der Waals surface area contributed by atoms with E-state index in [4.69, 9.17) is 0 Å². The summed E-state index contributed by atoms with van der Waals surface area (Å²) in [7, 11) is 0. The molecule has 1 heterocycles. The Balaban J connectivity index is 1.64. The zero-order chi connectivity index (χ0) is 15.5. The van der Waals surface area contributed by atoms with E-state index in [0.29, 0.717) is 5.92 Å². The molecule has 3 rings (SSSR count). The number of benzene rings is 1. The molecular formula is C17H22N2O2S. The van der Waals surface area contributed by atoms with E-state index in [1.54, 1.807) is 0 Å². The van der Waals surface area contributed by atoms with Crippen LogP contribution in [0.15, 0.2) is 29.2 Å². The van der Waals surface area contributed by atoms with Gasteiger partial charge in [-0.25, -0.2) is 0 Å². The first-order valence-electron chi connectivity index (χ1n) is 8.01. The second-order valence-electron chi connectivity index (χ2n) is 6.08. The van der Waals surface area contributed by atoms with Crippen LogP contribution >= 0.6 is 11.8 Å². The quantitative estimate of drug-likeness (QED) is 0.876. The predicted octanol–water partition coefficient (Wildman–Crippen LogP) is 3.14. The van der Waals surface area contributed by atoms with Gasteiger partial charge in [0, 0.05) is 24.4 Å².